The zero-order chi connectivity index (χ0) is 14.9. The van der Waals surface area contributed by atoms with Gasteiger partial charge in [-0.1, -0.05) is 6.92 Å². The summed E-state index contributed by atoms with van der Waals surface area (Å²) in [4.78, 5) is 24.8. The first kappa shape index (κ1) is 14.1. The van der Waals surface area contributed by atoms with E-state index in [-0.39, 0.29) is 17.2 Å². The maximum Gasteiger partial charge on any atom is 0.340 e. The van der Waals surface area contributed by atoms with E-state index in [1.165, 1.54) is 6.07 Å². The number of hydrogen-bond donors (Lipinski definition) is 3. The number of nitrogen functional groups attached to an aromatic ring is 1. The van der Waals surface area contributed by atoms with Crippen molar-refractivity contribution in [3.8, 4) is 0 Å². The highest BCUT2D eigenvalue weighted by molar-refractivity contribution is 6.01. The number of nitrogens with two attached hydrogens (primary N) is 1. The minimum Gasteiger partial charge on any atom is -0.478 e. The van der Waals surface area contributed by atoms with Crippen molar-refractivity contribution in [1.29, 1.82) is 0 Å². The number of carboxylic acids is 1. The van der Waals surface area contributed by atoms with Crippen molar-refractivity contribution < 1.29 is 19.1 Å². The third kappa shape index (κ3) is 2.26. The molecular formula is C13H16FN3O3. The Morgan fingerprint density at radius 2 is 2.30 bits per heavy atom. The molecule has 1 fully saturated rings. The molecule has 108 valence electrons. The second-order valence-corrected chi connectivity index (χ2v) is 4.57. The molecule has 20 heavy (non-hydrogen) atoms. The summed E-state index contributed by atoms with van der Waals surface area (Å²) in [7, 11) is 0. The first-order chi connectivity index (χ1) is 9.47. The summed E-state index contributed by atoms with van der Waals surface area (Å²) in [6, 6.07) is 2.00. The van der Waals surface area contributed by atoms with Crippen molar-refractivity contribution in [2.24, 2.45) is 0 Å². The molecule has 0 saturated carbocycles. The normalized spacial score (nSPS) is 18.8. The molecule has 0 bridgehead atoms. The van der Waals surface area contributed by atoms with Crippen LogP contribution in [-0.4, -0.2) is 36.1 Å². The van der Waals surface area contributed by atoms with Gasteiger partial charge in [-0.2, -0.15) is 0 Å². The first-order valence-corrected chi connectivity index (χ1v) is 6.33. The minimum absolute atomic E-state index is 0.169. The van der Waals surface area contributed by atoms with Gasteiger partial charge in [-0.15, -0.1) is 0 Å². The summed E-state index contributed by atoms with van der Waals surface area (Å²) in [5.41, 5.74) is 5.11. The van der Waals surface area contributed by atoms with Crippen LogP contribution < -0.4 is 16.0 Å². The summed E-state index contributed by atoms with van der Waals surface area (Å²) in [6.07, 6.45) is 0.516. The van der Waals surface area contributed by atoms with Crippen LogP contribution in [0, 0.1) is 5.82 Å². The summed E-state index contributed by atoms with van der Waals surface area (Å²) in [5, 5.41) is 12.0. The molecule has 2 rings (SSSR count). The van der Waals surface area contributed by atoms with E-state index in [1.807, 2.05) is 6.92 Å². The van der Waals surface area contributed by atoms with Gasteiger partial charge in [-0.3, -0.25) is 4.79 Å². The van der Waals surface area contributed by atoms with Crippen LogP contribution in [0.3, 0.4) is 0 Å². The topological polar surface area (TPSA) is 95.7 Å². The van der Waals surface area contributed by atoms with Gasteiger partial charge >= 0.3 is 5.97 Å². The molecule has 1 heterocycles. The van der Waals surface area contributed by atoms with Crippen LogP contribution in [0.1, 0.15) is 23.7 Å². The molecule has 0 spiro atoms. The molecule has 4 N–H and O–H groups in total. The van der Waals surface area contributed by atoms with Gasteiger partial charge < -0.3 is 21.1 Å². The Morgan fingerprint density at radius 1 is 1.60 bits per heavy atom. The number of nitrogens with one attached hydrogen (secondary N) is 1. The fourth-order valence-corrected chi connectivity index (χ4v) is 2.46. The molecular weight excluding hydrogens is 265 g/mol. The number of amides is 1. The average Bonchev–Trinajstić information content (AvgIpc) is 2.41. The molecule has 1 aromatic rings. The molecule has 1 aliphatic rings. The Balaban J connectivity index is 2.54. The third-order valence-corrected chi connectivity index (χ3v) is 3.41. The Hall–Kier alpha value is -2.31. The summed E-state index contributed by atoms with van der Waals surface area (Å²) in [5.74, 6) is -2.25. The van der Waals surface area contributed by atoms with Crippen LogP contribution in [0.2, 0.25) is 0 Å². The smallest absolute Gasteiger partial charge is 0.340 e. The van der Waals surface area contributed by atoms with Crippen molar-refractivity contribution in [3.63, 3.8) is 0 Å². The number of nitrogens with zero attached hydrogens (tertiary/aromatic N) is 1. The van der Waals surface area contributed by atoms with E-state index < -0.39 is 23.5 Å². The highest BCUT2D eigenvalue weighted by atomic mass is 19.1. The van der Waals surface area contributed by atoms with Crippen LogP contribution in [-0.2, 0) is 4.79 Å². The Bertz CT molecular complexity index is 562. The number of hydrogen-bond acceptors (Lipinski definition) is 4. The molecule has 1 amide bonds. The standard InChI is InChI=1S/C13H16FN3O3/c1-2-8-12(18)16-5-6-17(8)9-4-3-7(14)11(15)10(9)13(19)20/h3-4,8H,2,5-6,15H2,1H3,(H,16,18)(H,19,20). The number of carbonyl (C=O) groups is 2. The second-order valence-electron chi connectivity index (χ2n) is 4.57. The van der Waals surface area contributed by atoms with Crippen LogP contribution >= 0.6 is 0 Å². The number of carboxylic acid groups (broad SMARTS) is 1. The molecule has 0 radical (unpaired) electrons. The lowest BCUT2D eigenvalue weighted by Crippen LogP contribution is -2.55. The van der Waals surface area contributed by atoms with Crippen molar-refractivity contribution in [2.45, 2.75) is 19.4 Å². The van der Waals surface area contributed by atoms with Gasteiger partial charge in [0.1, 0.15) is 17.4 Å². The fourth-order valence-electron chi connectivity index (χ4n) is 2.46. The quantitative estimate of drug-likeness (QED) is 0.713. The number of benzene rings is 1. The van der Waals surface area contributed by atoms with Crippen LogP contribution in [0.5, 0.6) is 0 Å². The van der Waals surface area contributed by atoms with Crippen molar-refractivity contribution in [2.75, 3.05) is 23.7 Å². The van der Waals surface area contributed by atoms with Gasteiger partial charge in [-0.05, 0) is 18.6 Å². The van der Waals surface area contributed by atoms with Gasteiger partial charge in [-0.25, -0.2) is 9.18 Å². The van der Waals surface area contributed by atoms with E-state index in [4.69, 9.17) is 5.73 Å². The number of aromatic carboxylic acids is 1. The number of anilines is 2. The molecule has 0 aliphatic carbocycles. The van der Waals surface area contributed by atoms with Crippen molar-refractivity contribution in [1.82, 2.24) is 5.32 Å². The molecule has 1 unspecified atom stereocenters. The SMILES string of the molecule is CCC1C(=O)NCCN1c1ccc(F)c(N)c1C(=O)O. The molecule has 1 aromatic carbocycles. The van der Waals surface area contributed by atoms with Crippen LogP contribution in [0.4, 0.5) is 15.8 Å². The van der Waals surface area contributed by atoms with Gasteiger partial charge in [0.15, 0.2) is 0 Å². The van der Waals surface area contributed by atoms with Gasteiger partial charge in [0.25, 0.3) is 0 Å². The number of halogens is 1. The summed E-state index contributed by atoms with van der Waals surface area (Å²) in [6.45, 7) is 2.69. The lowest BCUT2D eigenvalue weighted by molar-refractivity contribution is -0.123. The van der Waals surface area contributed by atoms with E-state index in [9.17, 15) is 19.1 Å². The Labute approximate surface area is 115 Å². The van der Waals surface area contributed by atoms with E-state index in [0.717, 1.165) is 6.07 Å². The molecule has 1 saturated heterocycles. The molecule has 6 nitrogen and oxygen atoms in total. The van der Waals surface area contributed by atoms with Gasteiger partial charge in [0, 0.05) is 13.1 Å². The summed E-state index contributed by atoms with van der Waals surface area (Å²) < 4.78 is 13.5. The first-order valence-electron chi connectivity index (χ1n) is 6.33. The number of rotatable bonds is 3. The minimum atomic E-state index is -1.31. The van der Waals surface area contributed by atoms with E-state index in [1.54, 1.807) is 4.90 Å². The van der Waals surface area contributed by atoms with E-state index in [2.05, 4.69) is 5.32 Å². The summed E-state index contributed by atoms with van der Waals surface area (Å²) >= 11 is 0. The maximum absolute atomic E-state index is 13.5. The molecule has 1 atom stereocenters. The Kier molecular flexibility index (Phi) is 3.78. The zero-order valence-corrected chi connectivity index (χ0v) is 11.0. The second kappa shape index (κ2) is 5.36. The predicted octanol–water partition coefficient (Wildman–Crippen LogP) is 0.821. The van der Waals surface area contributed by atoms with Crippen LogP contribution in [0.25, 0.3) is 0 Å². The van der Waals surface area contributed by atoms with Gasteiger partial charge in [0.05, 0.1) is 11.4 Å². The van der Waals surface area contributed by atoms with E-state index >= 15 is 0 Å². The zero-order valence-electron chi connectivity index (χ0n) is 11.0. The van der Waals surface area contributed by atoms with Crippen LogP contribution in [0.15, 0.2) is 12.1 Å². The largest absolute Gasteiger partial charge is 0.478 e. The highest BCUT2D eigenvalue weighted by Gasteiger charge is 2.31. The fraction of sp³-hybridized carbons (Fsp3) is 0.385. The van der Waals surface area contributed by atoms with Gasteiger partial charge in [0.2, 0.25) is 5.91 Å². The monoisotopic (exact) mass is 281 g/mol. The van der Waals surface area contributed by atoms with Crippen molar-refractivity contribution >= 4 is 23.3 Å². The molecule has 1 aliphatic heterocycles. The predicted molar refractivity (Wildman–Crippen MR) is 72.2 cm³/mol. The lowest BCUT2D eigenvalue weighted by Gasteiger charge is -2.37. The van der Waals surface area contributed by atoms with Crippen molar-refractivity contribution in [3.05, 3.63) is 23.5 Å². The number of carbonyl (C=O) groups excluding carboxylic acids is 1. The molecule has 7 heteroatoms. The molecule has 0 aromatic heterocycles. The maximum atomic E-state index is 13.5. The number of piperazine rings is 1. The average molecular weight is 281 g/mol. The Morgan fingerprint density at radius 3 is 2.90 bits per heavy atom. The third-order valence-electron chi connectivity index (χ3n) is 3.41. The highest BCUT2D eigenvalue weighted by Crippen LogP contribution is 2.30. The lowest BCUT2D eigenvalue weighted by atomic mass is 10.0. The van der Waals surface area contributed by atoms with E-state index in [0.29, 0.717) is 19.5 Å².